The zero-order chi connectivity index (χ0) is 20.4. The van der Waals surface area contributed by atoms with Gasteiger partial charge in [0.15, 0.2) is 0 Å². The third-order valence-corrected chi connectivity index (χ3v) is 5.84. The van der Waals surface area contributed by atoms with Crippen molar-refractivity contribution >= 4 is 57.0 Å². The number of thiophene rings is 1. The summed E-state index contributed by atoms with van der Waals surface area (Å²) in [5.74, 6) is -1.31. The van der Waals surface area contributed by atoms with Gasteiger partial charge in [-0.3, -0.25) is 9.59 Å². The summed E-state index contributed by atoms with van der Waals surface area (Å²) in [6, 6.07) is 10.5. The van der Waals surface area contributed by atoms with Gasteiger partial charge < -0.3 is 10.6 Å². The zero-order valence-electron chi connectivity index (χ0n) is 14.9. The van der Waals surface area contributed by atoms with Gasteiger partial charge in [-0.1, -0.05) is 29.3 Å². The van der Waals surface area contributed by atoms with E-state index in [1.54, 1.807) is 25.1 Å². The Bertz CT molecular complexity index is 1080. The standard InChI is InChI=1S/C20H15Cl2FN2O2S/c1-10-3-5-13(9-15(10)21)24-20(27)18-11(2)7-17(28-18)25-19(26)14-6-4-12(23)8-16(14)22/h3-9H,1-2H3,(H,24,27)(H,25,26). The van der Waals surface area contributed by atoms with E-state index < -0.39 is 11.7 Å². The Morgan fingerprint density at radius 2 is 1.64 bits per heavy atom. The molecule has 2 aromatic carbocycles. The Morgan fingerprint density at radius 3 is 2.32 bits per heavy atom. The maximum atomic E-state index is 13.1. The molecule has 4 nitrogen and oxygen atoms in total. The minimum absolute atomic E-state index is 0.0139. The monoisotopic (exact) mass is 436 g/mol. The molecule has 2 amide bonds. The highest BCUT2D eigenvalue weighted by molar-refractivity contribution is 7.18. The second-order valence-electron chi connectivity index (χ2n) is 6.12. The van der Waals surface area contributed by atoms with Crippen molar-refractivity contribution in [2.45, 2.75) is 13.8 Å². The second kappa shape index (κ2) is 8.31. The molecule has 0 fully saturated rings. The largest absolute Gasteiger partial charge is 0.321 e. The lowest BCUT2D eigenvalue weighted by Gasteiger charge is -2.06. The molecular weight excluding hydrogens is 422 g/mol. The molecule has 0 aliphatic heterocycles. The molecule has 2 N–H and O–H groups in total. The van der Waals surface area contributed by atoms with Gasteiger partial charge in [0.05, 0.1) is 20.5 Å². The fourth-order valence-corrected chi connectivity index (χ4v) is 3.88. The van der Waals surface area contributed by atoms with Gasteiger partial charge in [-0.2, -0.15) is 0 Å². The number of hydrogen-bond acceptors (Lipinski definition) is 3. The lowest BCUT2D eigenvalue weighted by Crippen LogP contribution is -2.12. The number of halogens is 3. The molecule has 0 saturated carbocycles. The van der Waals surface area contributed by atoms with E-state index in [0.29, 0.717) is 26.2 Å². The van der Waals surface area contributed by atoms with E-state index in [1.165, 1.54) is 6.07 Å². The van der Waals surface area contributed by atoms with Gasteiger partial charge in [0.2, 0.25) is 0 Å². The van der Waals surface area contributed by atoms with Gasteiger partial charge in [0.25, 0.3) is 11.8 Å². The molecule has 28 heavy (non-hydrogen) atoms. The molecule has 0 saturated heterocycles. The summed E-state index contributed by atoms with van der Waals surface area (Å²) in [5.41, 5.74) is 2.35. The highest BCUT2D eigenvalue weighted by Gasteiger charge is 2.17. The lowest BCUT2D eigenvalue weighted by atomic mass is 10.2. The van der Waals surface area contributed by atoms with Crippen molar-refractivity contribution in [1.29, 1.82) is 0 Å². The van der Waals surface area contributed by atoms with Crippen LogP contribution < -0.4 is 10.6 Å². The Balaban J connectivity index is 1.75. The van der Waals surface area contributed by atoms with E-state index in [-0.39, 0.29) is 16.5 Å². The summed E-state index contributed by atoms with van der Waals surface area (Å²) in [7, 11) is 0. The minimum atomic E-state index is -0.524. The summed E-state index contributed by atoms with van der Waals surface area (Å²) in [6.45, 7) is 3.65. The first-order valence-electron chi connectivity index (χ1n) is 8.19. The quantitative estimate of drug-likeness (QED) is 0.502. The maximum absolute atomic E-state index is 13.1. The van der Waals surface area contributed by atoms with E-state index in [4.69, 9.17) is 23.2 Å². The predicted octanol–water partition coefficient (Wildman–Crippen LogP) is 6.32. The molecule has 0 atom stereocenters. The van der Waals surface area contributed by atoms with Crippen LogP contribution in [0.15, 0.2) is 42.5 Å². The van der Waals surface area contributed by atoms with E-state index in [2.05, 4.69) is 10.6 Å². The smallest absolute Gasteiger partial charge is 0.266 e. The van der Waals surface area contributed by atoms with Crippen LogP contribution in [-0.4, -0.2) is 11.8 Å². The molecule has 0 radical (unpaired) electrons. The van der Waals surface area contributed by atoms with Crippen LogP contribution in [-0.2, 0) is 0 Å². The Labute approximate surface area is 175 Å². The molecule has 8 heteroatoms. The van der Waals surface area contributed by atoms with E-state index in [0.717, 1.165) is 29.0 Å². The lowest BCUT2D eigenvalue weighted by molar-refractivity contribution is 0.102. The number of anilines is 2. The predicted molar refractivity (Wildman–Crippen MR) is 113 cm³/mol. The number of hydrogen-bond donors (Lipinski definition) is 2. The summed E-state index contributed by atoms with van der Waals surface area (Å²) in [4.78, 5) is 25.4. The van der Waals surface area contributed by atoms with E-state index in [9.17, 15) is 14.0 Å². The van der Waals surface area contributed by atoms with Crippen LogP contribution in [0.3, 0.4) is 0 Å². The number of rotatable bonds is 4. The normalized spacial score (nSPS) is 10.6. The van der Waals surface area contributed by atoms with Crippen molar-refractivity contribution in [3.63, 3.8) is 0 Å². The second-order valence-corrected chi connectivity index (χ2v) is 7.99. The molecule has 1 heterocycles. The van der Waals surface area contributed by atoms with E-state index >= 15 is 0 Å². The maximum Gasteiger partial charge on any atom is 0.266 e. The molecule has 0 unspecified atom stereocenters. The van der Waals surface area contributed by atoms with Crippen molar-refractivity contribution in [2.24, 2.45) is 0 Å². The fourth-order valence-electron chi connectivity index (χ4n) is 2.48. The topological polar surface area (TPSA) is 58.2 Å². The fraction of sp³-hybridized carbons (Fsp3) is 0.100. The van der Waals surface area contributed by atoms with Gasteiger partial charge in [-0.15, -0.1) is 11.3 Å². The van der Waals surface area contributed by atoms with Crippen LogP contribution in [0.2, 0.25) is 10.0 Å². The number of carbonyl (C=O) groups excluding carboxylic acids is 2. The van der Waals surface area contributed by atoms with Gasteiger partial charge >= 0.3 is 0 Å². The van der Waals surface area contributed by atoms with Crippen molar-refractivity contribution in [3.05, 3.63) is 79.9 Å². The van der Waals surface area contributed by atoms with Crippen molar-refractivity contribution < 1.29 is 14.0 Å². The van der Waals surface area contributed by atoms with Crippen LogP contribution in [0.5, 0.6) is 0 Å². The van der Waals surface area contributed by atoms with Crippen LogP contribution in [0, 0.1) is 19.7 Å². The molecule has 1 aromatic heterocycles. The van der Waals surface area contributed by atoms with Crippen molar-refractivity contribution in [3.8, 4) is 0 Å². The van der Waals surface area contributed by atoms with Crippen LogP contribution in [0.4, 0.5) is 15.1 Å². The third-order valence-electron chi connectivity index (χ3n) is 3.97. The summed E-state index contributed by atoms with van der Waals surface area (Å²) >= 11 is 13.1. The molecular formula is C20H15Cl2FN2O2S. The molecule has 3 aromatic rings. The first-order chi connectivity index (χ1) is 13.2. The third kappa shape index (κ3) is 4.52. The molecule has 144 valence electrons. The summed E-state index contributed by atoms with van der Waals surface area (Å²) in [5, 5.41) is 6.53. The molecule has 0 bridgehead atoms. The summed E-state index contributed by atoms with van der Waals surface area (Å²) < 4.78 is 13.1. The molecule has 0 spiro atoms. The van der Waals surface area contributed by atoms with Crippen LogP contribution in [0.25, 0.3) is 0 Å². The van der Waals surface area contributed by atoms with Gasteiger partial charge in [0.1, 0.15) is 5.82 Å². The number of nitrogens with one attached hydrogen (secondary N) is 2. The molecule has 0 aliphatic carbocycles. The first-order valence-corrected chi connectivity index (χ1v) is 9.76. The number of carbonyl (C=O) groups is 2. The number of amides is 2. The van der Waals surface area contributed by atoms with Gasteiger partial charge in [-0.25, -0.2) is 4.39 Å². The van der Waals surface area contributed by atoms with Crippen LogP contribution in [0.1, 0.15) is 31.2 Å². The highest BCUT2D eigenvalue weighted by Crippen LogP contribution is 2.29. The highest BCUT2D eigenvalue weighted by atomic mass is 35.5. The Morgan fingerprint density at radius 1 is 0.893 bits per heavy atom. The van der Waals surface area contributed by atoms with Gasteiger partial charge in [-0.05, 0) is 61.4 Å². The SMILES string of the molecule is Cc1ccc(NC(=O)c2sc(NC(=O)c3ccc(F)cc3Cl)cc2C)cc1Cl. The minimum Gasteiger partial charge on any atom is -0.321 e. The van der Waals surface area contributed by atoms with Crippen LogP contribution >= 0.6 is 34.5 Å². The summed E-state index contributed by atoms with van der Waals surface area (Å²) in [6.07, 6.45) is 0. The van der Waals surface area contributed by atoms with Gasteiger partial charge in [0, 0.05) is 10.7 Å². The number of aryl methyl sites for hydroxylation is 2. The first kappa shape index (κ1) is 20.3. The van der Waals surface area contributed by atoms with E-state index in [1.807, 2.05) is 13.0 Å². The zero-order valence-corrected chi connectivity index (χ0v) is 17.2. The Hall–Kier alpha value is -2.41. The molecule has 0 aliphatic rings. The Kier molecular flexibility index (Phi) is 6.03. The molecule has 3 rings (SSSR count). The average molecular weight is 437 g/mol. The van der Waals surface area contributed by atoms with Crippen molar-refractivity contribution in [1.82, 2.24) is 0 Å². The number of benzene rings is 2. The van der Waals surface area contributed by atoms with Crippen molar-refractivity contribution in [2.75, 3.05) is 10.6 Å². The average Bonchev–Trinajstić information content (AvgIpc) is 2.98.